The molecule has 1 aromatic rings. The van der Waals surface area contributed by atoms with Crippen LogP contribution in [0.15, 0.2) is 18.2 Å². The van der Waals surface area contributed by atoms with Gasteiger partial charge in [-0.3, -0.25) is 4.79 Å². The first-order valence-electron chi connectivity index (χ1n) is 5.08. The van der Waals surface area contributed by atoms with Crippen LogP contribution in [0.3, 0.4) is 0 Å². The average molecular weight is 191 g/mol. The smallest absolute Gasteiger partial charge is 0.176 e. The second kappa shape index (κ2) is 4.91. The molecule has 1 aromatic carbocycles. The van der Waals surface area contributed by atoms with Gasteiger partial charge in [0.05, 0.1) is 6.54 Å². The van der Waals surface area contributed by atoms with Gasteiger partial charge < -0.3 is 5.73 Å². The predicted molar refractivity (Wildman–Crippen MR) is 58.6 cm³/mol. The van der Waals surface area contributed by atoms with E-state index in [9.17, 15) is 4.79 Å². The zero-order valence-electron chi connectivity index (χ0n) is 8.84. The number of carbonyl (C=O) groups is 1. The molecule has 0 atom stereocenters. The molecule has 2 heteroatoms. The van der Waals surface area contributed by atoms with Crippen LogP contribution in [-0.2, 0) is 12.8 Å². The van der Waals surface area contributed by atoms with Gasteiger partial charge in [0.1, 0.15) is 0 Å². The predicted octanol–water partition coefficient (Wildman–Crippen LogP) is 1.95. The van der Waals surface area contributed by atoms with Gasteiger partial charge in [-0.1, -0.05) is 26.0 Å². The maximum Gasteiger partial charge on any atom is 0.176 e. The first-order valence-corrected chi connectivity index (χ1v) is 5.08. The minimum absolute atomic E-state index is 0.0390. The number of hydrogen-bond acceptors (Lipinski definition) is 2. The number of ketones is 1. The summed E-state index contributed by atoms with van der Waals surface area (Å²) in [6.45, 7) is 4.23. The van der Waals surface area contributed by atoms with Crippen molar-refractivity contribution in [2.75, 3.05) is 6.54 Å². The monoisotopic (exact) mass is 191 g/mol. The van der Waals surface area contributed by atoms with Crippen molar-refractivity contribution in [2.24, 2.45) is 5.73 Å². The molecule has 0 unspecified atom stereocenters. The minimum Gasteiger partial charge on any atom is -0.324 e. The fourth-order valence-electron chi connectivity index (χ4n) is 1.52. The summed E-state index contributed by atoms with van der Waals surface area (Å²) in [5, 5.41) is 0. The lowest BCUT2D eigenvalue weighted by atomic mass is 9.98. The fourth-order valence-corrected chi connectivity index (χ4v) is 1.52. The summed E-state index contributed by atoms with van der Waals surface area (Å²) in [5.74, 6) is 0.0390. The van der Waals surface area contributed by atoms with Gasteiger partial charge in [0, 0.05) is 5.56 Å². The van der Waals surface area contributed by atoms with E-state index in [-0.39, 0.29) is 12.3 Å². The minimum atomic E-state index is 0.0390. The Hall–Kier alpha value is -1.15. The van der Waals surface area contributed by atoms with E-state index in [1.807, 2.05) is 19.1 Å². The Morgan fingerprint density at radius 3 is 2.50 bits per heavy atom. The Labute approximate surface area is 85.1 Å². The van der Waals surface area contributed by atoms with Crippen molar-refractivity contribution in [1.82, 2.24) is 0 Å². The lowest BCUT2D eigenvalue weighted by molar-refractivity contribution is 0.100. The van der Waals surface area contributed by atoms with Crippen LogP contribution >= 0.6 is 0 Å². The molecular formula is C12H17NO. The van der Waals surface area contributed by atoms with Gasteiger partial charge in [-0.05, 0) is 30.0 Å². The summed E-state index contributed by atoms with van der Waals surface area (Å²) < 4.78 is 0. The Morgan fingerprint density at radius 1 is 1.29 bits per heavy atom. The molecule has 0 bridgehead atoms. The lowest BCUT2D eigenvalue weighted by Gasteiger charge is -2.07. The molecule has 0 aliphatic carbocycles. The largest absolute Gasteiger partial charge is 0.324 e. The molecule has 0 fully saturated rings. The highest BCUT2D eigenvalue weighted by Gasteiger charge is 2.08. The lowest BCUT2D eigenvalue weighted by Crippen LogP contribution is -2.15. The van der Waals surface area contributed by atoms with Crippen molar-refractivity contribution in [1.29, 1.82) is 0 Å². The number of nitrogens with two attached hydrogens (primary N) is 1. The summed E-state index contributed by atoms with van der Waals surface area (Å²) in [4.78, 5) is 11.5. The number of hydrogen-bond donors (Lipinski definition) is 1. The highest BCUT2D eigenvalue weighted by Crippen LogP contribution is 2.13. The SMILES string of the molecule is CCc1ccc(CC)c(C(=O)CN)c1. The van der Waals surface area contributed by atoms with Gasteiger partial charge >= 0.3 is 0 Å². The molecule has 0 saturated heterocycles. The van der Waals surface area contributed by atoms with E-state index in [2.05, 4.69) is 13.0 Å². The van der Waals surface area contributed by atoms with E-state index >= 15 is 0 Å². The van der Waals surface area contributed by atoms with Crippen LogP contribution in [0.25, 0.3) is 0 Å². The van der Waals surface area contributed by atoms with E-state index in [4.69, 9.17) is 5.73 Å². The Kier molecular flexibility index (Phi) is 3.84. The number of Topliss-reactive ketones (excluding diaryl/α,β-unsaturated/α-hetero) is 1. The third kappa shape index (κ3) is 2.20. The third-order valence-corrected chi connectivity index (χ3v) is 2.45. The quantitative estimate of drug-likeness (QED) is 0.739. The van der Waals surface area contributed by atoms with E-state index in [0.29, 0.717) is 0 Å². The van der Waals surface area contributed by atoms with Gasteiger partial charge in [-0.15, -0.1) is 0 Å². The van der Waals surface area contributed by atoms with Crippen LogP contribution in [0, 0.1) is 0 Å². The molecule has 1 rings (SSSR count). The summed E-state index contributed by atoms with van der Waals surface area (Å²) in [5.41, 5.74) is 8.46. The van der Waals surface area contributed by atoms with Crippen molar-refractivity contribution in [3.05, 3.63) is 34.9 Å². The van der Waals surface area contributed by atoms with Crippen LogP contribution in [0.1, 0.15) is 35.3 Å². The van der Waals surface area contributed by atoms with Crippen molar-refractivity contribution in [3.63, 3.8) is 0 Å². The Morgan fingerprint density at radius 2 is 2.00 bits per heavy atom. The second-order valence-electron chi connectivity index (χ2n) is 3.33. The van der Waals surface area contributed by atoms with Gasteiger partial charge in [0.2, 0.25) is 0 Å². The van der Waals surface area contributed by atoms with Crippen molar-refractivity contribution in [3.8, 4) is 0 Å². The zero-order valence-corrected chi connectivity index (χ0v) is 8.84. The zero-order chi connectivity index (χ0) is 10.6. The van der Waals surface area contributed by atoms with E-state index in [1.54, 1.807) is 0 Å². The van der Waals surface area contributed by atoms with E-state index < -0.39 is 0 Å². The average Bonchev–Trinajstić information content (AvgIpc) is 2.27. The normalized spacial score (nSPS) is 10.2. The van der Waals surface area contributed by atoms with E-state index in [1.165, 1.54) is 5.56 Å². The maximum atomic E-state index is 11.5. The highest BCUT2D eigenvalue weighted by atomic mass is 16.1. The highest BCUT2D eigenvalue weighted by molar-refractivity contribution is 5.99. The summed E-state index contributed by atoms with van der Waals surface area (Å²) in [7, 11) is 0. The molecule has 0 aliphatic heterocycles. The molecule has 0 aliphatic rings. The Bertz CT molecular complexity index is 331. The van der Waals surface area contributed by atoms with E-state index in [0.717, 1.165) is 24.0 Å². The standard InChI is InChI=1S/C12H17NO/c1-3-9-5-6-10(4-2)11(7-9)12(14)8-13/h5-7H,3-4,8,13H2,1-2H3. The molecular weight excluding hydrogens is 174 g/mol. The van der Waals surface area contributed by atoms with Gasteiger partial charge in [0.25, 0.3) is 0 Å². The van der Waals surface area contributed by atoms with Crippen LogP contribution in [-0.4, -0.2) is 12.3 Å². The van der Waals surface area contributed by atoms with Crippen molar-refractivity contribution in [2.45, 2.75) is 26.7 Å². The molecule has 0 amide bonds. The first kappa shape index (κ1) is 10.9. The van der Waals surface area contributed by atoms with Gasteiger partial charge in [0.15, 0.2) is 5.78 Å². The van der Waals surface area contributed by atoms with Crippen LogP contribution < -0.4 is 5.73 Å². The summed E-state index contributed by atoms with van der Waals surface area (Å²) in [6, 6.07) is 6.07. The molecule has 14 heavy (non-hydrogen) atoms. The summed E-state index contributed by atoms with van der Waals surface area (Å²) >= 11 is 0. The second-order valence-corrected chi connectivity index (χ2v) is 3.33. The first-order chi connectivity index (χ1) is 6.72. The van der Waals surface area contributed by atoms with Crippen LogP contribution in [0.5, 0.6) is 0 Å². The molecule has 0 heterocycles. The maximum absolute atomic E-state index is 11.5. The van der Waals surface area contributed by atoms with Crippen LogP contribution in [0.2, 0.25) is 0 Å². The number of carbonyl (C=O) groups excluding carboxylic acids is 1. The topological polar surface area (TPSA) is 43.1 Å². The molecule has 2 nitrogen and oxygen atoms in total. The van der Waals surface area contributed by atoms with Crippen LogP contribution in [0.4, 0.5) is 0 Å². The number of rotatable bonds is 4. The molecule has 0 spiro atoms. The van der Waals surface area contributed by atoms with Gasteiger partial charge in [-0.2, -0.15) is 0 Å². The molecule has 76 valence electrons. The third-order valence-electron chi connectivity index (χ3n) is 2.45. The fraction of sp³-hybridized carbons (Fsp3) is 0.417. The van der Waals surface area contributed by atoms with Gasteiger partial charge in [-0.25, -0.2) is 0 Å². The molecule has 0 aromatic heterocycles. The van der Waals surface area contributed by atoms with Crippen molar-refractivity contribution < 1.29 is 4.79 Å². The Balaban J connectivity index is 3.14. The summed E-state index contributed by atoms with van der Waals surface area (Å²) in [6.07, 6.45) is 1.83. The molecule has 0 radical (unpaired) electrons. The molecule has 0 saturated carbocycles. The number of benzene rings is 1. The number of aryl methyl sites for hydroxylation is 2. The molecule has 2 N–H and O–H groups in total. The van der Waals surface area contributed by atoms with Crippen molar-refractivity contribution >= 4 is 5.78 Å².